The van der Waals surface area contributed by atoms with Crippen molar-refractivity contribution < 1.29 is 87.5 Å². The summed E-state index contributed by atoms with van der Waals surface area (Å²) in [7, 11) is 0. The molecule has 0 spiro atoms. The Morgan fingerprint density at radius 1 is 0.600 bits per heavy atom. The van der Waals surface area contributed by atoms with Crippen molar-refractivity contribution in [3.8, 4) is 0 Å². The van der Waals surface area contributed by atoms with E-state index < -0.39 is 49.8 Å². The SMILES string of the molecule is C[CH-]C.O=S([O-])C(F)(F)F.O=S([O-])C(F)(F)F.O=S([O-])C(F)(F)F.[Ti+4]. The number of hydrogen-bond acceptors (Lipinski definition) is 6. The Balaban J connectivity index is -0.0000000727. The third-order valence-corrected chi connectivity index (χ3v) is 1.70. The van der Waals surface area contributed by atoms with Crippen molar-refractivity contribution in [2.45, 2.75) is 30.4 Å². The minimum Gasteiger partial charge on any atom is -0.766 e. The molecule has 0 bridgehead atoms. The van der Waals surface area contributed by atoms with Crippen LogP contribution in [0.2, 0.25) is 0 Å². The molecule has 3 atom stereocenters. The van der Waals surface area contributed by atoms with E-state index in [1.807, 2.05) is 20.3 Å². The van der Waals surface area contributed by atoms with E-state index in [-0.39, 0.29) is 21.7 Å². The predicted octanol–water partition coefficient (Wildman–Crippen LogP) is 2.38. The average molecular weight is 490 g/mol. The normalized spacial score (nSPS) is 14.6. The fourth-order valence-corrected chi connectivity index (χ4v) is 0. The molecular weight excluding hydrogens is 483 g/mol. The van der Waals surface area contributed by atoms with E-state index in [4.69, 9.17) is 26.3 Å². The Morgan fingerprint density at radius 3 is 0.640 bits per heavy atom. The topological polar surface area (TPSA) is 120 Å². The van der Waals surface area contributed by atoms with Gasteiger partial charge in [-0.15, -0.1) is 0 Å². The van der Waals surface area contributed by atoms with Crippen molar-refractivity contribution in [3.05, 3.63) is 6.42 Å². The van der Waals surface area contributed by atoms with Gasteiger partial charge in [0.1, 0.15) is 0 Å². The van der Waals surface area contributed by atoms with E-state index in [1.54, 1.807) is 0 Å². The summed E-state index contributed by atoms with van der Waals surface area (Å²) < 4.78 is 148. The van der Waals surface area contributed by atoms with Crippen LogP contribution in [0.5, 0.6) is 0 Å². The molecule has 0 saturated carbocycles. The van der Waals surface area contributed by atoms with Crippen LogP contribution in [-0.2, 0) is 55.0 Å². The van der Waals surface area contributed by atoms with Gasteiger partial charge in [-0.05, 0) is 0 Å². The summed E-state index contributed by atoms with van der Waals surface area (Å²) in [5.74, 6) is 0. The molecule has 0 fully saturated rings. The fourth-order valence-electron chi connectivity index (χ4n) is 0. The summed E-state index contributed by atoms with van der Waals surface area (Å²) in [5.41, 5.74) is -15.2. The van der Waals surface area contributed by atoms with Crippen LogP contribution in [0.25, 0.3) is 0 Å². The molecule has 0 amide bonds. The minimum atomic E-state index is -5.08. The van der Waals surface area contributed by atoms with Gasteiger partial charge in [0.25, 0.3) is 0 Å². The first-order chi connectivity index (χ1) is 10.2. The van der Waals surface area contributed by atoms with Crippen LogP contribution >= 0.6 is 0 Å². The standard InChI is InChI=1S/C3H7.3CHF3O2S.Ti/c1-3-2;3*2-1(3,4)7(5)6;/h3H,1-2H3;3*(H,5,6);/q-1;;;;+4/p-3. The maximum atomic E-state index is 10.6. The third-order valence-electron chi connectivity index (χ3n) is 0.567. The largest absolute Gasteiger partial charge is 4.00 e. The molecule has 0 N–H and O–H groups in total. The number of rotatable bonds is 0. The Morgan fingerprint density at radius 2 is 0.640 bits per heavy atom. The molecule has 25 heavy (non-hydrogen) atoms. The van der Waals surface area contributed by atoms with Gasteiger partial charge < -0.3 is 20.1 Å². The van der Waals surface area contributed by atoms with E-state index >= 15 is 0 Å². The van der Waals surface area contributed by atoms with Crippen molar-refractivity contribution in [3.63, 3.8) is 0 Å². The molecule has 0 aromatic heterocycles. The molecule has 0 radical (unpaired) electrons. The van der Waals surface area contributed by atoms with Crippen LogP contribution in [0.1, 0.15) is 13.8 Å². The first-order valence-electron chi connectivity index (χ1n) is 4.47. The van der Waals surface area contributed by atoms with Crippen molar-refractivity contribution in [1.29, 1.82) is 0 Å². The summed E-state index contributed by atoms with van der Waals surface area (Å²) in [5, 5.41) is 0. The van der Waals surface area contributed by atoms with Gasteiger partial charge in [0.15, 0.2) is 0 Å². The molecule has 0 aliphatic rings. The van der Waals surface area contributed by atoms with E-state index in [1.165, 1.54) is 0 Å². The number of hydrogen-bond donors (Lipinski definition) is 0. The zero-order chi connectivity index (χ0) is 20.9. The van der Waals surface area contributed by atoms with Crippen LogP contribution < -0.4 is 0 Å². The number of alkyl halides is 9. The van der Waals surface area contributed by atoms with Crippen LogP contribution in [0.3, 0.4) is 0 Å². The Bertz CT molecular complexity index is 340. The molecule has 0 aliphatic heterocycles. The number of halogens is 9. The van der Waals surface area contributed by atoms with E-state index in [0.717, 1.165) is 0 Å². The summed E-state index contributed by atoms with van der Waals surface area (Å²) in [6.45, 7) is 4.00. The summed E-state index contributed by atoms with van der Waals surface area (Å²) in [6, 6.07) is 0. The van der Waals surface area contributed by atoms with E-state index in [0.29, 0.717) is 0 Å². The predicted molar refractivity (Wildman–Crippen MR) is 60.6 cm³/mol. The molecule has 0 saturated heterocycles. The molecule has 0 aliphatic carbocycles. The van der Waals surface area contributed by atoms with Gasteiger partial charge in [0.05, 0.1) is 33.2 Å². The molecule has 6 nitrogen and oxygen atoms in total. The summed E-state index contributed by atoms with van der Waals surface area (Å²) >= 11 is -11.8. The second-order valence-corrected chi connectivity index (χ2v) is 5.42. The van der Waals surface area contributed by atoms with Gasteiger partial charge >= 0.3 is 38.2 Å². The van der Waals surface area contributed by atoms with Gasteiger partial charge in [-0.3, -0.25) is 12.6 Å². The molecule has 0 rings (SSSR count). The zero-order valence-corrected chi connectivity index (χ0v) is 15.7. The average Bonchev–Trinajstić information content (AvgIpc) is 2.27. The summed E-state index contributed by atoms with van der Waals surface area (Å²) in [6.07, 6.45) is 2.00. The molecule has 152 valence electrons. The van der Waals surface area contributed by atoms with Gasteiger partial charge in [0, 0.05) is 0 Å². The monoisotopic (exact) mass is 490 g/mol. The first kappa shape index (κ1) is 36.3. The Labute approximate surface area is 157 Å². The third kappa shape index (κ3) is 36.2. The van der Waals surface area contributed by atoms with Gasteiger partial charge in [-0.25, -0.2) is 0 Å². The van der Waals surface area contributed by atoms with Crippen LogP contribution in [0.15, 0.2) is 0 Å². The van der Waals surface area contributed by atoms with Gasteiger partial charge in [0.2, 0.25) is 0 Å². The van der Waals surface area contributed by atoms with E-state index in [9.17, 15) is 39.5 Å². The van der Waals surface area contributed by atoms with Crippen molar-refractivity contribution in [1.82, 2.24) is 0 Å². The second kappa shape index (κ2) is 16.6. The molecule has 3 unspecified atom stereocenters. The maximum absolute atomic E-state index is 10.6. The van der Waals surface area contributed by atoms with Crippen LogP contribution in [0, 0.1) is 6.42 Å². The summed E-state index contributed by atoms with van der Waals surface area (Å²) in [4.78, 5) is 0. The molecule has 0 aromatic carbocycles. The van der Waals surface area contributed by atoms with E-state index in [2.05, 4.69) is 0 Å². The Hall–Kier alpha value is 0.414. The van der Waals surface area contributed by atoms with Crippen molar-refractivity contribution in [2.75, 3.05) is 0 Å². The van der Waals surface area contributed by atoms with Gasteiger partial charge in [-0.1, -0.05) is 0 Å². The maximum Gasteiger partial charge on any atom is 4.00 e. The molecule has 0 aromatic rings. The molecule has 0 heterocycles. The minimum absolute atomic E-state index is 0. The van der Waals surface area contributed by atoms with Gasteiger partial charge in [-0.2, -0.15) is 53.4 Å². The van der Waals surface area contributed by atoms with Crippen LogP contribution in [0.4, 0.5) is 39.5 Å². The second-order valence-electron chi connectivity index (χ2n) is 2.62. The molecular formula is C6H7F9O6S3Ti. The Kier molecular flexibility index (Phi) is 24.1. The van der Waals surface area contributed by atoms with Crippen molar-refractivity contribution >= 4 is 33.2 Å². The fraction of sp³-hybridized carbons (Fsp3) is 0.833. The van der Waals surface area contributed by atoms with Crippen LogP contribution in [-0.4, -0.2) is 42.8 Å². The molecule has 19 heteroatoms. The quantitative estimate of drug-likeness (QED) is 0.223. The first-order valence-corrected chi connectivity index (χ1v) is 7.69. The van der Waals surface area contributed by atoms with Crippen molar-refractivity contribution in [2.24, 2.45) is 0 Å². The zero-order valence-electron chi connectivity index (χ0n) is 11.7. The smallest absolute Gasteiger partial charge is 0.766 e.